The molecule has 0 radical (unpaired) electrons. The summed E-state index contributed by atoms with van der Waals surface area (Å²) >= 11 is 1.54. The van der Waals surface area contributed by atoms with Gasteiger partial charge < -0.3 is 21.1 Å². The van der Waals surface area contributed by atoms with E-state index in [0.717, 1.165) is 42.5 Å². The van der Waals surface area contributed by atoms with Gasteiger partial charge in [0.15, 0.2) is 0 Å². The second-order valence-corrected chi connectivity index (χ2v) is 12.5. The van der Waals surface area contributed by atoms with Crippen LogP contribution in [-0.2, 0) is 6.42 Å². The van der Waals surface area contributed by atoms with Gasteiger partial charge in [0.1, 0.15) is 16.8 Å². The second-order valence-electron chi connectivity index (χ2n) is 11.4. The summed E-state index contributed by atoms with van der Waals surface area (Å²) in [6.07, 6.45) is 8.12. The van der Waals surface area contributed by atoms with Crippen molar-refractivity contribution in [1.29, 1.82) is 5.26 Å². The molecule has 0 aromatic carbocycles. The molecule has 4 N–H and O–H groups in total. The predicted molar refractivity (Wildman–Crippen MR) is 159 cm³/mol. The number of hydrogen-bond acceptors (Lipinski definition) is 9. The lowest BCUT2D eigenvalue weighted by molar-refractivity contribution is 0.102. The van der Waals surface area contributed by atoms with E-state index in [-0.39, 0.29) is 29.4 Å². The standard InChI is InChI=1S/C30H41N7O2S/c1-6-8-20(27(33)19-9-7-10-24-25(19)22(14-31)29(40-24)35-16-37(4)5)28(38)23-11-12-34-30(36-23)39-15-17(2)13-21-18(3)26(21)32/h11-12,16-19,21,26H,6-10,13,15,32-33H2,1-5H3/b27-20-,35-16+/t17?,18-,19-,21?,26?/m0/s1. The van der Waals surface area contributed by atoms with Crippen LogP contribution in [0.1, 0.15) is 85.3 Å². The van der Waals surface area contributed by atoms with Crippen molar-refractivity contribution in [3.8, 4) is 12.1 Å². The quantitative estimate of drug-likeness (QED) is 0.160. The van der Waals surface area contributed by atoms with E-state index in [1.54, 1.807) is 29.9 Å². The molecular weight excluding hydrogens is 522 g/mol. The number of Topliss-reactive ketones (excluding diaryl/α,β-unsaturated/α-hetero) is 1. The van der Waals surface area contributed by atoms with Crippen molar-refractivity contribution in [2.75, 3.05) is 20.7 Å². The van der Waals surface area contributed by atoms with Gasteiger partial charge in [-0.3, -0.25) is 4.79 Å². The molecule has 0 spiro atoms. The maximum absolute atomic E-state index is 13.8. The van der Waals surface area contributed by atoms with Crippen LogP contribution >= 0.6 is 11.3 Å². The van der Waals surface area contributed by atoms with Gasteiger partial charge in [0.2, 0.25) is 5.78 Å². The fraction of sp³-hybridized carbons (Fsp3) is 0.567. The van der Waals surface area contributed by atoms with Gasteiger partial charge in [-0.05, 0) is 61.5 Å². The van der Waals surface area contributed by atoms with Crippen LogP contribution in [0.2, 0.25) is 0 Å². The highest BCUT2D eigenvalue weighted by atomic mass is 32.1. The lowest BCUT2D eigenvalue weighted by Crippen LogP contribution is -2.22. The maximum atomic E-state index is 13.8. The summed E-state index contributed by atoms with van der Waals surface area (Å²) in [5, 5.41) is 10.8. The van der Waals surface area contributed by atoms with Crippen LogP contribution in [0.3, 0.4) is 0 Å². The van der Waals surface area contributed by atoms with E-state index in [1.165, 1.54) is 0 Å². The van der Waals surface area contributed by atoms with Crippen LogP contribution in [0.25, 0.3) is 0 Å². The number of carbonyl (C=O) groups excluding carboxylic acids is 1. The fourth-order valence-electron chi connectivity index (χ4n) is 5.56. The predicted octanol–water partition coefficient (Wildman–Crippen LogP) is 4.95. The minimum absolute atomic E-state index is 0.188. The number of allylic oxidation sites excluding steroid dienone is 2. The Morgan fingerprint density at radius 1 is 1.43 bits per heavy atom. The Hall–Kier alpha value is -3.29. The average Bonchev–Trinajstić information content (AvgIpc) is 3.33. The number of ketones is 1. The van der Waals surface area contributed by atoms with Crippen molar-refractivity contribution in [2.24, 2.45) is 34.2 Å². The molecule has 1 fully saturated rings. The molecule has 1 saturated carbocycles. The molecule has 2 aliphatic rings. The van der Waals surface area contributed by atoms with Gasteiger partial charge in [-0.2, -0.15) is 10.2 Å². The van der Waals surface area contributed by atoms with E-state index in [0.29, 0.717) is 52.6 Å². The molecule has 9 nitrogen and oxygen atoms in total. The van der Waals surface area contributed by atoms with Crippen LogP contribution in [0, 0.1) is 29.1 Å². The molecule has 2 aliphatic carbocycles. The monoisotopic (exact) mass is 563 g/mol. The molecule has 10 heteroatoms. The molecule has 5 atom stereocenters. The van der Waals surface area contributed by atoms with Crippen LogP contribution in [0.4, 0.5) is 5.00 Å². The Morgan fingerprint density at radius 2 is 2.17 bits per heavy atom. The van der Waals surface area contributed by atoms with Crippen molar-refractivity contribution in [3.05, 3.63) is 45.2 Å². The number of rotatable bonds is 12. The van der Waals surface area contributed by atoms with Gasteiger partial charge in [0.05, 0.1) is 18.5 Å². The van der Waals surface area contributed by atoms with Gasteiger partial charge >= 0.3 is 6.01 Å². The Kier molecular flexibility index (Phi) is 9.59. The van der Waals surface area contributed by atoms with E-state index in [4.69, 9.17) is 16.2 Å². The first-order chi connectivity index (χ1) is 19.2. The summed E-state index contributed by atoms with van der Waals surface area (Å²) in [6, 6.07) is 4.45. The summed E-state index contributed by atoms with van der Waals surface area (Å²) < 4.78 is 5.88. The first-order valence-electron chi connectivity index (χ1n) is 14.2. The van der Waals surface area contributed by atoms with Crippen LogP contribution < -0.4 is 16.2 Å². The summed E-state index contributed by atoms with van der Waals surface area (Å²) in [4.78, 5) is 30.0. The van der Waals surface area contributed by atoms with Crippen molar-refractivity contribution < 1.29 is 9.53 Å². The zero-order chi connectivity index (χ0) is 29.0. The van der Waals surface area contributed by atoms with Crippen LogP contribution in [0.15, 0.2) is 28.5 Å². The molecule has 214 valence electrons. The highest BCUT2D eigenvalue weighted by Crippen LogP contribution is 2.47. The molecule has 2 heterocycles. The minimum atomic E-state index is -0.218. The first-order valence-corrected chi connectivity index (χ1v) is 15.0. The molecule has 0 aliphatic heterocycles. The van der Waals surface area contributed by atoms with E-state index < -0.39 is 0 Å². The first kappa shape index (κ1) is 29.7. The molecule has 2 aromatic heterocycles. The minimum Gasteiger partial charge on any atom is -0.463 e. The maximum Gasteiger partial charge on any atom is 0.317 e. The SMILES string of the molecule is CCC/C(C(=O)c1ccnc(OCC(C)CC2C(N)[C@H]2C)n1)=C(/N)[C@H]1CCCc2sc(/N=C/N(C)C)c(C#N)c21. The highest BCUT2D eigenvalue weighted by Gasteiger charge is 2.43. The summed E-state index contributed by atoms with van der Waals surface area (Å²) in [5.74, 6) is 0.979. The lowest BCUT2D eigenvalue weighted by Gasteiger charge is -2.25. The fourth-order valence-corrected chi connectivity index (χ4v) is 6.75. The van der Waals surface area contributed by atoms with Crippen molar-refractivity contribution >= 4 is 28.5 Å². The number of nitrogens with zero attached hydrogens (tertiary/aromatic N) is 5. The molecule has 2 aromatic rings. The zero-order valence-electron chi connectivity index (χ0n) is 24.2. The number of nitrogens with two attached hydrogens (primary N) is 2. The zero-order valence-corrected chi connectivity index (χ0v) is 25.0. The van der Waals surface area contributed by atoms with Crippen LogP contribution in [0.5, 0.6) is 6.01 Å². The Morgan fingerprint density at radius 3 is 2.83 bits per heavy atom. The molecule has 0 bridgehead atoms. The summed E-state index contributed by atoms with van der Waals surface area (Å²) in [5.41, 5.74) is 15.7. The number of aromatic nitrogens is 2. The third kappa shape index (κ3) is 6.53. The average molecular weight is 564 g/mol. The lowest BCUT2D eigenvalue weighted by atomic mass is 9.80. The topological polar surface area (TPSA) is 144 Å². The number of thiophene rings is 1. The number of ether oxygens (including phenoxy) is 1. The Balaban J connectivity index is 1.58. The number of hydrogen-bond donors (Lipinski definition) is 2. The highest BCUT2D eigenvalue weighted by molar-refractivity contribution is 7.16. The molecule has 40 heavy (non-hydrogen) atoms. The molecule has 4 rings (SSSR count). The largest absolute Gasteiger partial charge is 0.463 e. The summed E-state index contributed by atoms with van der Waals surface area (Å²) in [7, 11) is 3.79. The number of nitriles is 1. The van der Waals surface area contributed by atoms with Gasteiger partial charge in [0.25, 0.3) is 0 Å². The molecule has 0 saturated heterocycles. The van der Waals surface area contributed by atoms with Gasteiger partial charge in [-0.25, -0.2) is 9.98 Å². The van der Waals surface area contributed by atoms with Crippen molar-refractivity contribution in [2.45, 2.75) is 71.3 Å². The van der Waals surface area contributed by atoms with Gasteiger partial charge in [-0.1, -0.05) is 27.2 Å². The number of fused-ring (bicyclic) bond motifs is 1. The van der Waals surface area contributed by atoms with E-state index in [1.807, 2.05) is 25.9 Å². The Bertz CT molecular complexity index is 1320. The molecular formula is C30H41N7O2S. The van der Waals surface area contributed by atoms with E-state index in [9.17, 15) is 10.1 Å². The van der Waals surface area contributed by atoms with Crippen molar-refractivity contribution in [1.82, 2.24) is 14.9 Å². The Labute approximate surface area is 241 Å². The van der Waals surface area contributed by atoms with E-state index >= 15 is 0 Å². The van der Waals surface area contributed by atoms with Crippen LogP contribution in [-0.4, -0.2) is 53.7 Å². The normalized spacial score (nSPS) is 23.2. The molecule has 0 amide bonds. The number of carbonyl (C=O) groups is 1. The second kappa shape index (κ2) is 12.9. The smallest absolute Gasteiger partial charge is 0.317 e. The number of aryl methyl sites for hydroxylation is 1. The van der Waals surface area contributed by atoms with Crippen molar-refractivity contribution in [3.63, 3.8) is 0 Å². The summed E-state index contributed by atoms with van der Waals surface area (Å²) in [6.45, 7) is 6.80. The van der Waals surface area contributed by atoms with E-state index in [2.05, 4.69) is 34.9 Å². The molecule has 3 unspecified atom stereocenters. The third-order valence-electron chi connectivity index (χ3n) is 7.94. The van der Waals surface area contributed by atoms with Gasteiger partial charge in [-0.15, -0.1) is 11.3 Å². The van der Waals surface area contributed by atoms with Gasteiger partial charge in [0, 0.05) is 48.4 Å². The number of aliphatic imine (C=N–C) groups is 1. The third-order valence-corrected chi connectivity index (χ3v) is 9.11.